The number of pyridine rings is 1. The van der Waals surface area contributed by atoms with Crippen molar-refractivity contribution in [3.8, 4) is 40.2 Å². The number of aromatic nitrogens is 1. The van der Waals surface area contributed by atoms with Crippen LogP contribution < -0.4 is 18.9 Å². The number of hydrogen-bond acceptors (Lipinski definition) is 9. The first-order chi connectivity index (χ1) is 22.9. The van der Waals surface area contributed by atoms with Gasteiger partial charge in [-0.1, -0.05) is 38.1 Å². The molecule has 0 radical (unpaired) electrons. The van der Waals surface area contributed by atoms with Crippen molar-refractivity contribution in [3.63, 3.8) is 0 Å². The normalized spacial score (nSPS) is 13.9. The molecule has 242 valence electrons. The lowest BCUT2D eigenvalue weighted by molar-refractivity contribution is -0.146. The molecule has 2 aliphatic rings. The van der Waals surface area contributed by atoms with Crippen LogP contribution in [-0.2, 0) is 35.7 Å². The lowest BCUT2D eigenvalue weighted by atomic mass is 9.96. The van der Waals surface area contributed by atoms with Crippen LogP contribution in [0.1, 0.15) is 47.2 Å². The van der Waals surface area contributed by atoms with E-state index in [-0.39, 0.29) is 25.0 Å². The van der Waals surface area contributed by atoms with Crippen LogP contribution in [0.3, 0.4) is 0 Å². The molecule has 0 atom stereocenters. The Kier molecular flexibility index (Phi) is 9.89. The highest BCUT2D eigenvalue weighted by Crippen LogP contribution is 2.37. The van der Waals surface area contributed by atoms with Crippen molar-refractivity contribution in [2.75, 3.05) is 32.9 Å². The smallest absolute Gasteiger partial charge is 0.320 e. The maximum atomic E-state index is 12.5. The van der Waals surface area contributed by atoms with Crippen LogP contribution in [-0.4, -0.2) is 48.8 Å². The fourth-order valence-electron chi connectivity index (χ4n) is 5.81. The molecule has 4 aromatic rings. The number of rotatable bonds is 11. The van der Waals surface area contributed by atoms with Crippen molar-refractivity contribution >= 4 is 5.97 Å². The highest BCUT2D eigenvalue weighted by atomic mass is 16.6. The van der Waals surface area contributed by atoms with Crippen molar-refractivity contribution in [1.82, 2.24) is 9.88 Å². The van der Waals surface area contributed by atoms with Gasteiger partial charge in [0.1, 0.15) is 44.0 Å². The number of esters is 1. The molecular formula is C38H39N3O6. The van der Waals surface area contributed by atoms with Crippen LogP contribution in [0.4, 0.5) is 0 Å². The zero-order chi connectivity index (χ0) is 32.8. The van der Waals surface area contributed by atoms with Crippen LogP contribution >= 0.6 is 0 Å². The van der Waals surface area contributed by atoms with Gasteiger partial charge in [-0.3, -0.25) is 14.7 Å². The van der Waals surface area contributed by atoms with Gasteiger partial charge in [-0.2, -0.15) is 5.26 Å². The van der Waals surface area contributed by atoms with Gasteiger partial charge in [0, 0.05) is 42.7 Å². The fourth-order valence-corrected chi connectivity index (χ4v) is 5.81. The van der Waals surface area contributed by atoms with E-state index in [9.17, 15) is 10.1 Å². The summed E-state index contributed by atoms with van der Waals surface area (Å²) in [7, 11) is 0. The molecule has 0 fully saturated rings. The van der Waals surface area contributed by atoms with Gasteiger partial charge in [0.25, 0.3) is 0 Å². The Bertz CT molecular complexity index is 1800. The second-order valence-corrected chi connectivity index (χ2v) is 12.3. The number of carbonyl (C=O) groups is 1. The second kappa shape index (κ2) is 14.6. The van der Waals surface area contributed by atoms with Gasteiger partial charge < -0.3 is 23.7 Å². The van der Waals surface area contributed by atoms with Gasteiger partial charge in [0.05, 0.1) is 18.7 Å². The first-order valence-corrected chi connectivity index (χ1v) is 16.0. The van der Waals surface area contributed by atoms with Gasteiger partial charge in [-0.05, 0) is 71.3 Å². The van der Waals surface area contributed by atoms with Crippen molar-refractivity contribution < 1.29 is 28.5 Å². The van der Waals surface area contributed by atoms with Crippen LogP contribution in [0.15, 0.2) is 67.0 Å². The summed E-state index contributed by atoms with van der Waals surface area (Å²) < 4.78 is 29.8. The van der Waals surface area contributed by atoms with E-state index in [2.05, 4.69) is 47.1 Å². The Labute approximate surface area is 275 Å². The molecule has 0 saturated heterocycles. The van der Waals surface area contributed by atoms with Gasteiger partial charge >= 0.3 is 5.97 Å². The van der Waals surface area contributed by atoms with E-state index in [4.69, 9.17) is 23.7 Å². The molecule has 0 unspecified atom stereocenters. The lowest BCUT2D eigenvalue weighted by Crippen LogP contribution is -2.36. The Hall–Kier alpha value is -5.07. The lowest BCUT2D eigenvalue weighted by Gasteiger charge is -2.30. The molecule has 3 aromatic carbocycles. The molecule has 0 N–H and O–H groups in total. The molecule has 6 rings (SSSR count). The molecule has 9 heteroatoms. The molecule has 3 heterocycles. The number of hydrogen-bond donors (Lipinski definition) is 0. The molecule has 0 amide bonds. The first-order valence-electron chi connectivity index (χ1n) is 16.0. The van der Waals surface area contributed by atoms with Crippen LogP contribution in [0.25, 0.3) is 11.1 Å². The third kappa shape index (κ3) is 7.84. The van der Waals surface area contributed by atoms with Crippen LogP contribution in [0.5, 0.6) is 23.0 Å². The molecule has 2 aliphatic heterocycles. The van der Waals surface area contributed by atoms with Gasteiger partial charge in [0.2, 0.25) is 0 Å². The number of benzene rings is 3. The van der Waals surface area contributed by atoms with E-state index < -0.39 is 0 Å². The average Bonchev–Trinajstić information content (AvgIpc) is 3.09. The summed E-state index contributed by atoms with van der Waals surface area (Å²) in [6.45, 7) is 9.77. The fraction of sp³-hybridized carbons (Fsp3) is 0.342. The molecule has 0 aliphatic carbocycles. The maximum Gasteiger partial charge on any atom is 0.320 e. The Morgan fingerprint density at radius 2 is 1.87 bits per heavy atom. The number of carbonyl (C=O) groups excluding carboxylic acids is 1. The highest BCUT2D eigenvalue weighted by Gasteiger charge is 2.24. The monoisotopic (exact) mass is 633 g/mol. The highest BCUT2D eigenvalue weighted by molar-refractivity contribution is 5.72. The molecule has 47 heavy (non-hydrogen) atoms. The van der Waals surface area contributed by atoms with Gasteiger partial charge in [0.15, 0.2) is 11.5 Å². The molecule has 0 spiro atoms. The third-order valence-electron chi connectivity index (χ3n) is 8.30. The second-order valence-electron chi connectivity index (χ2n) is 12.3. The van der Waals surface area contributed by atoms with E-state index in [0.717, 1.165) is 63.4 Å². The molecule has 0 bridgehead atoms. The summed E-state index contributed by atoms with van der Waals surface area (Å²) in [5.41, 5.74) is 7.78. The summed E-state index contributed by atoms with van der Waals surface area (Å²) in [6, 6.07) is 20.2. The zero-order valence-electron chi connectivity index (χ0n) is 27.1. The quantitative estimate of drug-likeness (QED) is 0.173. The van der Waals surface area contributed by atoms with E-state index in [1.165, 1.54) is 6.20 Å². The van der Waals surface area contributed by atoms with E-state index in [1.54, 1.807) is 12.3 Å². The molecule has 0 saturated carbocycles. The number of fused-ring (bicyclic) bond motifs is 2. The minimum absolute atomic E-state index is 0.219. The summed E-state index contributed by atoms with van der Waals surface area (Å²) in [6.07, 6.45) is 3.97. The number of ether oxygens (including phenoxy) is 5. The zero-order valence-corrected chi connectivity index (χ0v) is 27.1. The minimum atomic E-state index is -0.224. The summed E-state index contributed by atoms with van der Waals surface area (Å²) in [5, 5.41) is 9.31. The Morgan fingerprint density at radius 1 is 1.02 bits per heavy atom. The number of nitriles is 1. The molecule has 9 nitrogen and oxygen atoms in total. The van der Waals surface area contributed by atoms with E-state index in [1.807, 2.05) is 38.1 Å². The topological polar surface area (TPSA) is 103 Å². The van der Waals surface area contributed by atoms with Crippen molar-refractivity contribution in [3.05, 3.63) is 100 Å². The first kappa shape index (κ1) is 31.9. The molecule has 1 aromatic heterocycles. The largest absolute Gasteiger partial charge is 0.489 e. The summed E-state index contributed by atoms with van der Waals surface area (Å²) >= 11 is 0. The van der Waals surface area contributed by atoms with E-state index in [0.29, 0.717) is 50.0 Å². The van der Waals surface area contributed by atoms with Gasteiger partial charge in [-0.15, -0.1) is 0 Å². The SMILES string of the molecule is Cc1c(COc2cc3c(c(OCc4cncc(C#N)c4)c2)CN(CC(=O)OCC(C)C)CC3)cccc1-c1ccc2c(c1)OCCO2. The Morgan fingerprint density at radius 3 is 2.70 bits per heavy atom. The van der Waals surface area contributed by atoms with Crippen molar-refractivity contribution in [2.24, 2.45) is 5.92 Å². The standard InChI is InChI=1S/C38H39N3O6/c1-25(2)22-47-38(42)21-41-10-9-30-14-32(16-36(34(30)20-41)46-23-28-13-27(17-39)18-40-19-28)45-24-31-5-4-6-33(26(31)3)29-7-8-35-37(15-29)44-12-11-43-35/h4-8,13-16,18-19,25H,9-12,20-24H2,1-3H3. The predicted molar refractivity (Wildman–Crippen MR) is 176 cm³/mol. The number of nitrogens with zero attached hydrogens (tertiary/aromatic N) is 3. The third-order valence-corrected chi connectivity index (χ3v) is 8.30. The minimum Gasteiger partial charge on any atom is -0.489 e. The maximum absolute atomic E-state index is 12.5. The summed E-state index contributed by atoms with van der Waals surface area (Å²) in [4.78, 5) is 18.8. The van der Waals surface area contributed by atoms with Crippen LogP contribution in [0.2, 0.25) is 0 Å². The predicted octanol–water partition coefficient (Wildman–Crippen LogP) is 6.42. The van der Waals surface area contributed by atoms with Crippen LogP contribution in [0, 0.1) is 24.2 Å². The van der Waals surface area contributed by atoms with Crippen molar-refractivity contribution in [2.45, 2.75) is 47.0 Å². The molecular weight excluding hydrogens is 594 g/mol. The van der Waals surface area contributed by atoms with Crippen molar-refractivity contribution in [1.29, 1.82) is 5.26 Å². The average molecular weight is 634 g/mol. The Balaban J connectivity index is 1.21. The summed E-state index contributed by atoms with van der Waals surface area (Å²) in [5.74, 6) is 2.98. The van der Waals surface area contributed by atoms with Gasteiger partial charge in [-0.25, -0.2) is 0 Å². The van der Waals surface area contributed by atoms with E-state index >= 15 is 0 Å².